The topological polar surface area (TPSA) is 27.1 Å². The van der Waals surface area contributed by atoms with E-state index in [1.165, 1.54) is 61.6 Å². The van der Waals surface area contributed by atoms with Crippen LogP contribution in [0.4, 0.5) is 22.7 Å². The molecule has 2 aliphatic heterocycles. The Labute approximate surface area is 391 Å². The Balaban J connectivity index is 0.00000484. The molecule has 0 saturated carbocycles. The van der Waals surface area contributed by atoms with Crippen molar-refractivity contribution in [3.8, 4) is 39.6 Å². The van der Waals surface area contributed by atoms with E-state index in [0.29, 0.717) is 20.7 Å². The van der Waals surface area contributed by atoms with E-state index in [-0.39, 0.29) is 31.9 Å². The van der Waals surface area contributed by atoms with Crippen LogP contribution in [0.25, 0.3) is 49.9 Å². The van der Waals surface area contributed by atoms with Gasteiger partial charge in [-0.15, -0.1) is 35.2 Å². The third-order valence-electron chi connectivity index (χ3n) is 13.0. The van der Waals surface area contributed by atoms with Crippen molar-refractivity contribution in [1.82, 2.24) is 18.7 Å². The van der Waals surface area contributed by atoms with Crippen LogP contribution < -0.4 is 13.9 Å². The van der Waals surface area contributed by atoms with Gasteiger partial charge in [0.05, 0.1) is 5.69 Å². The number of hydrogen-bond acceptors (Lipinski definition) is 2. The fraction of sp³-hybridized carbons (Fsp3) is 0.172. The Kier molecular flexibility index (Phi) is 9.81. The Morgan fingerprint density at radius 3 is 1.91 bits per heavy atom. The van der Waals surface area contributed by atoms with Crippen LogP contribution in [0.1, 0.15) is 63.8 Å². The van der Waals surface area contributed by atoms with Crippen LogP contribution in [-0.2, 0) is 31.9 Å². The van der Waals surface area contributed by atoms with E-state index in [9.17, 15) is 0 Å². The van der Waals surface area contributed by atoms with Crippen LogP contribution in [0, 0.1) is 32.6 Å². The summed E-state index contributed by atoms with van der Waals surface area (Å²) in [5.41, 5.74) is 16.3. The van der Waals surface area contributed by atoms with Crippen LogP contribution in [0.15, 0.2) is 158 Å². The number of aromatic nitrogens is 2. The van der Waals surface area contributed by atoms with Gasteiger partial charge in [-0.25, -0.2) is 9.58 Å². The molecule has 6 heteroatoms. The second-order valence-electron chi connectivity index (χ2n) is 19.5. The Morgan fingerprint density at radius 2 is 1.19 bits per heavy atom. The van der Waals surface area contributed by atoms with Gasteiger partial charge in [-0.2, -0.15) is 10.7 Å². The number of ether oxygens (including phenoxy) is 1. The van der Waals surface area contributed by atoms with Gasteiger partial charge in [-0.05, 0) is 82.1 Å². The molecule has 0 spiro atoms. The van der Waals surface area contributed by atoms with Crippen LogP contribution in [0.3, 0.4) is 0 Å². The molecule has 5 nitrogen and oxygen atoms in total. The van der Waals surface area contributed by atoms with Gasteiger partial charge in [0.2, 0.25) is 11.4 Å². The van der Waals surface area contributed by atoms with Crippen molar-refractivity contribution < 1.29 is 25.8 Å². The third kappa shape index (κ3) is 6.59. The van der Waals surface area contributed by atoms with E-state index in [1.54, 1.807) is 0 Å². The smallest absolute Gasteiger partial charge is 0.225 e. The van der Waals surface area contributed by atoms with E-state index >= 15 is 0 Å². The second kappa shape index (κ2) is 15.0. The number of fused-ring (bicyclic) bond motifs is 7. The molecule has 9 aromatic rings. The summed E-state index contributed by atoms with van der Waals surface area (Å²) in [4.78, 5) is 4.90. The van der Waals surface area contributed by atoms with Gasteiger partial charge >= 0.3 is 0 Å². The van der Waals surface area contributed by atoms with Crippen molar-refractivity contribution in [2.75, 3.05) is 0 Å². The van der Waals surface area contributed by atoms with Crippen molar-refractivity contribution in [3.63, 3.8) is 0 Å². The third-order valence-corrected chi connectivity index (χ3v) is 13.0. The van der Waals surface area contributed by atoms with Crippen molar-refractivity contribution in [3.05, 3.63) is 199 Å². The quantitative estimate of drug-likeness (QED) is 0.0904. The minimum absolute atomic E-state index is 0. The first-order valence-corrected chi connectivity index (χ1v) is 22.0. The van der Waals surface area contributed by atoms with E-state index in [1.807, 2.05) is 12.3 Å². The fourth-order valence-electron chi connectivity index (χ4n) is 9.84. The number of para-hydroxylation sites is 3. The molecule has 2 aromatic heterocycles. The molecule has 1 fully saturated rings. The largest absolute Gasteiger partial charge is 0.509 e. The molecule has 0 bridgehead atoms. The number of pyridine rings is 1. The maximum Gasteiger partial charge on any atom is 0.225 e. The number of rotatable bonds is 7. The van der Waals surface area contributed by atoms with Gasteiger partial charge in [0.1, 0.15) is 5.82 Å². The van der Waals surface area contributed by atoms with Gasteiger partial charge in [-0.3, -0.25) is 0 Å². The minimum atomic E-state index is -0.163. The standard InChI is InChI=1S/C58H51N4O.Pt/c1-38-26-39(2)28-41(27-38)43-29-42(40-16-10-9-11-17-40)30-46(31-43)61-37-62(61,55-21-15-14-20-54(55)61)47-32-45(58(6,7)8)33-49(35-47)63-48-22-23-51-50-18-12-13-19-52(50)60(53(51)36-48)56-34-44(24-25-59-56)57(3,4)5;/h9-34,37H,1-8H3;/q-1;/t61-,62?;/m0./s1. The van der Waals surface area contributed by atoms with Gasteiger partial charge < -0.3 is 9.30 Å². The number of aryl methyl sites for hydroxylation is 2. The molecule has 0 aliphatic carbocycles. The molecule has 0 radical (unpaired) electrons. The molecular weight excluding hydrogens is 964 g/mol. The zero-order chi connectivity index (χ0) is 43.5. The average molecular weight is 1020 g/mol. The minimum Gasteiger partial charge on any atom is -0.509 e. The Hall–Kier alpha value is -6.10. The van der Waals surface area contributed by atoms with Crippen LogP contribution in [0.2, 0.25) is 0 Å². The maximum atomic E-state index is 6.94. The molecule has 11 rings (SSSR count). The van der Waals surface area contributed by atoms with Crippen molar-refractivity contribution in [2.24, 2.45) is 0 Å². The van der Waals surface area contributed by atoms with Crippen LogP contribution >= 0.6 is 0 Å². The predicted molar refractivity (Wildman–Crippen MR) is 261 cm³/mol. The van der Waals surface area contributed by atoms with E-state index in [4.69, 9.17) is 9.72 Å². The summed E-state index contributed by atoms with van der Waals surface area (Å²) in [7, 11) is 0. The summed E-state index contributed by atoms with van der Waals surface area (Å²) in [6.07, 6.45) is 1.91. The molecule has 2 aliphatic rings. The molecule has 2 atom stereocenters. The summed E-state index contributed by atoms with van der Waals surface area (Å²) in [6.45, 7) is 20.3. The molecule has 1 unspecified atom stereocenters. The molecular formula is C58H51N4OPt-. The molecule has 4 heterocycles. The molecule has 7 aromatic carbocycles. The summed E-state index contributed by atoms with van der Waals surface area (Å²) < 4.78 is 10.2. The first-order valence-electron chi connectivity index (χ1n) is 22.0. The first kappa shape index (κ1) is 41.9. The molecule has 64 heavy (non-hydrogen) atoms. The Bertz CT molecular complexity index is 3280. The summed E-state index contributed by atoms with van der Waals surface area (Å²) in [5.74, 6) is 2.15. The van der Waals surface area contributed by atoms with E-state index in [0.717, 1.165) is 33.3 Å². The average Bonchev–Trinajstić information content (AvgIpc) is 3.76. The normalized spacial score (nSPS) is 17.6. The van der Waals surface area contributed by atoms with Crippen LogP contribution in [0.5, 0.6) is 11.5 Å². The van der Waals surface area contributed by atoms with Gasteiger partial charge in [0, 0.05) is 68.5 Å². The SMILES string of the molecule is Cc1cc(C)cc(-c2cc(-c3ccccc3)cc([N@+]34[CH-][N+]3(c3[c-]c(Oc5[c-]c6c(cc5)c5ccccc5n6-c5cc(C(C)(C)C)ccn5)cc(C(C)(C)C)c3)c3ccccc34)c2)c1.[Pt]. The zero-order valence-corrected chi connectivity index (χ0v) is 39.9. The summed E-state index contributed by atoms with van der Waals surface area (Å²) in [5, 5.41) is 2.25. The van der Waals surface area contributed by atoms with Crippen molar-refractivity contribution >= 4 is 44.6 Å². The van der Waals surface area contributed by atoms with Gasteiger partial charge in [0.25, 0.3) is 0 Å². The van der Waals surface area contributed by atoms with E-state index < -0.39 is 0 Å². The first-order chi connectivity index (χ1) is 30.2. The monoisotopic (exact) mass is 1010 g/mol. The summed E-state index contributed by atoms with van der Waals surface area (Å²) in [6, 6.07) is 62.6. The summed E-state index contributed by atoms with van der Waals surface area (Å²) >= 11 is 0. The number of benzene rings is 7. The van der Waals surface area contributed by atoms with Gasteiger partial charge in [0.15, 0.2) is 12.4 Å². The van der Waals surface area contributed by atoms with E-state index in [2.05, 4.69) is 224 Å². The van der Waals surface area contributed by atoms with Crippen molar-refractivity contribution in [1.29, 1.82) is 0 Å². The van der Waals surface area contributed by atoms with Crippen molar-refractivity contribution in [2.45, 2.75) is 66.2 Å². The number of quaternary nitrogens is 2. The number of nitrogens with zero attached hydrogens (tertiary/aromatic N) is 4. The fourth-order valence-corrected chi connectivity index (χ4v) is 9.84. The Morgan fingerprint density at radius 1 is 0.547 bits per heavy atom. The zero-order valence-electron chi connectivity index (χ0n) is 37.6. The molecule has 1 saturated heterocycles. The molecule has 0 amide bonds. The second-order valence-corrected chi connectivity index (χ2v) is 19.5. The molecule has 0 N–H and O–H groups in total. The number of hydrogen-bond donors (Lipinski definition) is 0. The molecule has 320 valence electrons. The maximum absolute atomic E-state index is 6.94. The van der Waals surface area contributed by atoms with Crippen LogP contribution in [-0.4, -0.2) is 9.55 Å². The van der Waals surface area contributed by atoms with Gasteiger partial charge in [-0.1, -0.05) is 143 Å². The predicted octanol–water partition coefficient (Wildman–Crippen LogP) is 15.5.